The molecule has 0 unspecified atom stereocenters. The first-order valence-electron chi connectivity index (χ1n) is 6.56. The van der Waals surface area contributed by atoms with Crippen molar-refractivity contribution >= 4 is 46.0 Å². The van der Waals surface area contributed by atoms with Crippen molar-refractivity contribution in [3.05, 3.63) is 68.3 Å². The van der Waals surface area contributed by atoms with Crippen molar-refractivity contribution in [3.8, 4) is 0 Å². The van der Waals surface area contributed by atoms with E-state index in [1.54, 1.807) is 24.3 Å². The van der Waals surface area contributed by atoms with Crippen LogP contribution in [0.25, 0.3) is 0 Å². The Morgan fingerprint density at radius 2 is 1.86 bits per heavy atom. The standard InChI is InChI=1S/C16H14ClIN2O2/c17-12-6-4-11(5-7-12)16(22)20-14(15(19)21)9-10-2-1-3-13(18)8-10/h1-8,14H,9H2,(H2,19,21)(H,20,22)/t14-/m1/s1. The van der Waals surface area contributed by atoms with Crippen LogP contribution in [0.5, 0.6) is 0 Å². The van der Waals surface area contributed by atoms with Crippen LogP contribution in [-0.2, 0) is 11.2 Å². The van der Waals surface area contributed by atoms with E-state index in [2.05, 4.69) is 27.9 Å². The van der Waals surface area contributed by atoms with Gasteiger partial charge in [0.05, 0.1) is 0 Å². The average Bonchev–Trinajstić information content (AvgIpc) is 2.47. The SMILES string of the molecule is NC(=O)[C@@H](Cc1cccc(I)c1)NC(=O)c1ccc(Cl)cc1. The minimum absolute atomic E-state index is 0.353. The molecule has 2 amide bonds. The zero-order valence-corrected chi connectivity index (χ0v) is 14.5. The summed E-state index contributed by atoms with van der Waals surface area (Å²) in [5, 5.41) is 3.20. The van der Waals surface area contributed by atoms with Crippen LogP contribution in [0.15, 0.2) is 48.5 Å². The highest BCUT2D eigenvalue weighted by molar-refractivity contribution is 14.1. The van der Waals surface area contributed by atoms with Gasteiger partial charge in [0.2, 0.25) is 5.91 Å². The van der Waals surface area contributed by atoms with E-state index in [4.69, 9.17) is 17.3 Å². The molecule has 22 heavy (non-hydrogen) atoms. The third-order valence-corrected chi connectivity index (χ3v) is 4.01. The first kappa shape index (κ1) is 16.8. The maximum atomic E-state index is 12.2. The highest BCUT2D eigenvalue weighted by Gasteiger charge is 2.19. The maximum absolute atomic E-state index is 12.2. The highest BCUT2D eigenvalue weighted by Crippen LogP contribution is 2.12. The van der Waals surface area contributed by atoms with Gasteiger partial charge in [-0.15, -0.1) is 0 Å². The molecule has 0 saturated carbocycles. The van der Waals surface area contributed by atoms with E-state index < -0.39 is 11.9 Å². The molecule has 6 heteroatoms. The molecule has 0 spiro atoms. The lowest BCUT2D eigenvalue weighted by molar-refractivity contribution is -0.119. The van der Waals surface area contributed by atoms with Crippen molar-refractivity contribution in [3.63, 3.8) is 0 Å². The van der Waals surface area contributed by atoms with Crippen molar-refractivity contribution in [1.29, 1.82) is 0 Å². The van der Waals surface area contributed by atoms with E-state index in [0.29, 0.717) is 17.0 Å². The monoisotopic (exact) mass is 428 g/mol. The fraction of sp³-hybridized carbons (Fsp3) is 0.125. The molecule has 0 aliphatic heterocycles. The Kier molecular flexibility index (Phi) is 5.79. The molecule has 114 valence electrons. The molecule has 0 bridgehead atoms. The van der Waals surface area contributed by atoms with Gasteiger partial charge in [0.15, 0.2) is 0 Å². The lowest BCUT2D eigenvalue weighted by Gasteiger charge is -2.16. The molecule has 0 heterocycles. The van der Waals surface area contributed by atoms with E-state index in [9.17, 15) is 9.59 Å². The first-order valence-corrected chi connectivity index (χ1v) is 8.01. The Bertz CT molecular complexity index is 689. The van der Waals surface area contributed by atoms with Crippen molar-refractivity contribution in [2.75, 3.05) is 0 Å². The second kappa shape index (κ2) is 7.60. The van der Waals surface area contributed by atoms with Crippen molar-refractivity contribution in [2.24, 2.45) is 5.73 Å². The summed E-state index contributed by atoms with van der Waals surface area (Å²) in [7, 11) is 0. The molecule has 0 radical (unpaired) electrons. The number of benzene rings is 2. The average molecular weight is 429 g/mol. The number of carbonyl (C=O) groups excluding carboxylic acids is 2. The van der Waals surface area contributed by atoms with Crippen LogP contribution >= 0.6 is 34.2 Å². The Morgan fingerprint density at radius 1 is 1.18 bits per heavy atom. The smallest absolute Gasteiger partial charge is 0.251 e. The fourth-order valence-corrected chi connectivity index (χ4v) is 2.70. The number of rotatable bonds is 5. The van der Waals surface area contributed by atoms with Gasteiger partial charge < -0.3 is 11.1 Å². The summed E-state index contributed by atoms with van der Waals surface area (Å²) in [5.41, 5.74) is 6.76. The maximum Gasteiger partial charge on any atom is 0.251 e. The molecule has 0 aliphatic rings. The number of carbonyl (C=O) groups is 2. The molecule has 2 aromatic carbocycles. The molecule has 0 saturated heterocycles. The van der Waals surface area contributed by atoms with E-state index in [0.717, 1.165) is 9.13 Å². The van der Waals surface area contributed by atoms with E-state index in [1.807, 2.05) is 24.3 Å². The minimum Gasteiger partial charge on any atom is -0.368 e. The van der Waals surface area contributed by atoms with Crippen LogP contribution in [0.4, 0.5) is 0 Å². The number of hydrogen-bond acceptors (Lipinski definition) is 2. The number of amides is 2. The number of halogens is 2. The van der Waals surface area contributed by atoms with E-state index in [-0.39, 0.29) is 5.91 Å². The molecule has 2 rings (SSSR count). The Balaban J connectivity index is 2.10. The summed E-state index contributed by atoms with van der Waals surface area (Å²) >= 11 is 7.98. The number of nitrogens with one attached hydrogen (secondary N) is 1. The van der Waals surface area contributed by atoms with Crippen molar-refractivity contribution < 1.29 is 9.59 Å². The van der Waals surface area contributed by atoms with Gasteiger partial charge in [-0.3, -0.25) is 9.59 Å². The topological polar surface area (TPSA) is 72.2 Å². The van der Waals surface area contributed by atoms with Crippen molar-refractivity contribution in [1.82, 2.24) is 5.32 Å². The van der Waals surface area contributed by atoms with Crippen LogP contribution in [0.2, 0.25) is 5.02 Å². The Labute approximate surface area is 147 Å². The van der Waals surface area contributed by atoms with Gasteiger partial charge in [0, 0.05) is 20.6 Å². The zero-order chi connectivity index (χ0) is 16.1. The van der Waals surface area contributed by atoms with Gasteiger partial charge in [-0.1, -0.05) is 23.7 Å². The molecule has 3 N–H and O–H groups in total. The molecular formula is C16H14ClIN2O2. The van der Waals surface area contributed by atoms with Crippen LogP contribution in [-0.4, -0.2) is 17.9 Å². The van der Waals surface area contributed by atoms with Crippen LogP contribution in [0.1, 0.15) is 15.9 Å². The summed E-state index contributed by atoms with van der Waals surface area (Å²) in [6.45, 7) is 0. The van der Waals surface area contributed by atoms with E-state index in [1.165, 1.54) is 0 Å². The molecule has 0 fully saturated rings. The third-order valence-electron chi connectivity index (χ3n) is 3.08. The highest BCUT2D eigenvalue weighted by atomic mass is 127. The van der Waals surface area contributed by atoms with Gasteiger partial charge in [0.25, 0.3) is 5.91 Å². The predicted octanol–water partition coefficient (Wildman–Crippen LogP) is 2.77. The molecule has 1 atom stereocenters. The van der Waals surface area contributed by atoms with Gasteiger partial charge in [-0.2, -0.15) is 0 Å². The fourth-order valence-electron chi connectivity index (χ4n) is 1.97. The summed E-state index contributed by atoms with van der Waals surface area (Å²) in [6, 6.07) is 13.4. The quantitative estimate of drug-likeness (QED) is 0.719. The van der Waals surface area contributed by atoms with Gasteiger partial charge in [-0.25, -0.2) is 0 Å². The molecular weight excluding hydrogens is 415 g/mol. The predicted molar refractivity (Wildman–Crippen MR) is 94.8 cm³/mol. The number of primary amides is 1. The molecule has 4 nitrogen and oxygen atoms in total. The van der Waals surface area contributed by atoms with Gasteiger partial charge in [-0.05, 0) is 64.6 Å². The first-order chi connectivity index (χ1) is 10.5. The molecule has 0 aliphatic carbocycles. The largest absolute Gasteiger partial charge is 0.368 e. The molecule has 0 aromatic heterocycles. The third kappa shape index (κ3) is 4.71. The van der Waals surface area contributed by atoms with Crippen LogP contribution in [0, 0.1) is 3.57 Å². The van der Waals surface area contributed by atoms with Gasteiger partial charge in [0.1, 0.15) is 6.04 Å². The summed E-state index contributed by atoms with van der Waals surface area (Å²) < 4.78 is 1.06. The van der Waals surface area contributed by atoms with E-state index >= 15 is 0 Å². The summed E-state index contributed by atoms with van der Waals surface area (Å²) in [5.74, 6) is -0.924. The lowest BCUT2D eigenvalue weighted by Crippen LogP contribution is -2.45. The second-order valence-electron chi connectivity index (χ2n) is 4.77. The van der Waals surface area contributed by atoms with Crippen LogP contribution in [0.3, 0.4) is 0 Å². The second-order valence-corrected chi connectivity index (χ2v) is 6.45. The Morgan fingerprint density at radius 3 is 2.45 bits per heavy atom. The lowest BCUT2D eigenvalue weighted by atomic mass is 10.0. The van der Waals surface area contributed by atoms with Gasteiger partial charge >= 0.3 is 0 Å². The number of hydrogen-bond donors (Lipinski definition) is 2. The normalized spacial score (nSPS) is 11.7. The molecule has 2 aromatic rings. The summed E-state index contributed by atoms with van der Waals surface area (Å²) in [4.78, 5) is 23.8. The Hall–Kier alpha value is -1.60. The van der Waals surface area contributed by atoms with Crippen LogP contribution < -0.4 is 11.1 Å². The summed E-state index contributed by atoms with van der Waals surface area (Å²) in [6.07, 6.45) is 0.353. The zero-order valence-electron chi connectivity index (χ0n) is 11.6. The number of nitrogens with two attached hydrogens (primary N) is 1. The minimum atomic E-state index is -0.763. The van der Waals surface area contributed by atoms with Crippen molar-refractivity contribution in [2.45, 2.75) is 12.5 Å².